The first-order chi connectivity index (χ1) is 29.7. The van der Waals surface area contributed by atoms with Crippen LogP contribution < -0.4 is 15.4 Å². The third-order valence-electron chi connectivity index (χ3n) is 11.1. The Hall–Kier alpha value is -6.70. The summed E-state index contributed by atoms with van der Waals surface area (Å²) in [6.45, 7) is 9.99. The molecular weight excluding hydrogens is 826 g/mol. The smallest absolute Gasteiger partial charge is 0.412 e. The van der Waals surface area contributed by atoms with E-state index in [4.69, 9.17) is 23.7 Å². The molecule has 1 aliphatic carbocycles. The van der Waals surface area contributed by atoms with Gasteiger partial charge in [0, 0.05) is 61.0 Å². The number of carbonyl (C=O) groups is 6. The maximum Gasteiger partial charge on any atom is 0.412 e. The molecule has 0 fully saturated rings. The number of aliphatic hydroxyl groups excluding tert-OH is 2. The average Bonchev–Trinajstić information content (AvgIpc) is 3.25. The second-order valence-corrected chi connectivity index (χ2v) is 15.3. The summed E-state index contributed by atoms with van der Waals surface area (Å²) in [5.41, 5.74) is -3.93. The summed E-state index contributed by atoms with van der Waals surface area (Å²) in [5.74, 6) is -9.39. The zero-order valence-corrected chi connectivity index (χ0v) is 36.1. The number of amides is 2. The molecule has 5 rings (SSSR count). The number of rotatable bonds is 7. The molecule has 0 unspecified atom stereocenters. The molecule has 63 heavy (non-hydrogen) atoms. The van der Waals surface area contributed by atoms with Crippen molar-refractivity contribution >= 4 is 41.2 Å². The van der Waals surface area contributed by atoms with Crippen molar-refractivity contribution in [2.75, 3.05) is 14.2 Å². The number of hydrogen-bond donors (Lipinski definition) is 5. The van der Waals surface area contributed by atoms with Crippen LogP contribution in [0, 0.1) is 40.7 Å². The van der Waals surface area contributed by atoms with Gasteiger partial charge in [0.25, 0.3) is 11.6 Å². The van der Waals surface area contributed by atoms with E-state index in [1.807, 2.05) is 0 Å². The molecule has 8 atom stereocenters. The molecule has 5 N–H and O–H groups in total. The van der Waals surface area contributed by atoms with Gasteiger partial charge in [-0.1, -0.05) is 45.9 Å². The number of hydrogen-bond acceptors (Lipinski definition) is 16. The third kappa shape index (κ3) is 10.9. The molecule has 2 amide bonds. The summed E-state index contributed by atoms with van der Waals surface area (Å²) in [7, 11) is 2.46. The number of allylic oxidation sites excluding steroid dienone is 4. The number of aliphatic hydroxyl groups is 2. The lowest BCUT2D eigenvalue weighted by Gasteiger charge is -2.38. The Kier molecular flexibility index (Phi) is 16.3. The van der Waals surface area contributed by atoms with E-state index in [2.05, 4.69) is 10.6 Å². The fraction of sp³-hybridized carbons (Fsp3) is 0.409. The lowest BCUT2D eigenvalue weighted by atomic mass is 9.78. The number of fused-ring (bicyclic) bond motifs is 15. The van der Waals surface area contributed by atoms with Crippen molar-refractivity contribution in [2.45, 2.75) is 79.5 Å². The predicted octanol–water partition coefficient (Wildman–Crippen LogP) is 4.65. The van der Waals surface area contributed by atoms with Crippen molar-refractivity contribution in [1.29, 1.82) is 0 Å². The van der Waals surface area contributed by atoms with Crippen LogP contribution in [0.2, 0.25) is 0 Å². The number of Topliss-reactive ketones (excluding diaryl/α,β-unsaturated/α-hetero) is 2. The van der Waals surface area contributed by atoms with Crippen LogP contribution in [0.1, 0.15) is 83.7 Å². The second kappa shape index (κ2) is 20.9. The molecular formula is C44H51N3O16. The minimum Gasteiger partial charge on any atom is -0.507 e. The molecule has 0 saturated carbocycles. The van der Waals surface area contributed by atoms with E-state index in [9.17, 15) is 54.2 Å². The third-order valence-corrected chi connectivity index (χ3v) is 11.1. The number of aromatic hydroxyl groups is 1. The number of nitrogens with one attached hydrogen (secondary N) is 2. The van der Waals surface area contributed by atoms with Gasteiger partial charge in [-0.05, 0) is 37.6 Å². The van der Waals surface area contributed by atoms with Crippen LogP contribution in [0.15, 0.2) is 71.8 Å². The monoisotopic (exact) mass is 877 g/mol. The fourth-order valence-electron chi connectivity index (χ4n) is 7.36. The van der Waals surface area contributed by atoms with E-state index in [0.29, 0.717) is 5.56 Å². The van der Waals surface area contributed by atoms with E-state index in [-0.39, 0.29) is 22.6 Å². The van der Waals surface area contributed by atoms with Gasteiger partial charge < -0.3 is 44.3 Å². The highest BCUT2D eigenvalue weighted by atomic mass is 16.6. The first kappa shape index (κ1) is 49.0. The number of alkyl carbamates (subject to hydrolysis) is 1. The van der Waals surface area contributed by atoms with Crippen LogP contribution in [0.5, 0.6) is 11.5 Å². The molecule has 19 heteroatoms. The number of nitro groups is 1. The Morgan fingerprint density at radius 3 is 2.14 bits per heavy atom. The van der Waals surface area contributed by atoms with E-state index in [1.165, 1.54) is 70.4 Å². The Morgan fingerprint density at radius 1 is 0.905 bits per heavy atom. The molecule has 19 nitrogen and oxygen atoms in total. The Balaban J connectivity index is 1.90. The number of esters is 2. The molecule has 4 bridgehead atoms. The average molecular weight is 878 g/mol. The van der Waals surface area contributed by atoms with Crippen molar-refractivity contribution < 1.29 is 72.7 Å². The summed E-state index contributed by atoms with van der Waals surface area (Å²) in [6.07, 6.45) is 0.942. The van der Waals surface area contributed by atoms with Crippen molar-refractivity contribution in [1.82, 2.24) is 10.6 Å². The highest BCUT2D eigenvalue weighted by Gasteiger charge is 2.43. The number of ether oxygens (including phenoxy) is 5. The lowest BCUT2D eigenvalue weighted by Crippen LogP contribution is -2.46. The van der Waals surface area contributed by atoms with Crippen LogP contribution in [0.4, 0.5) is 10.5 Å². The molecule has 2 aromatic rings. The van der Waals surface area contributed by atoms with Crippen LogP contribution in [-0.4, -0.2) is 94.4 Å². The first-order valence-electron chi connectivity index (χ1n) is 19.7. The number of ketones is 2. The van der Waals surface area contributed by atoms with Gasteiger partial charge in [0.1, 0.15) is 41.2 Å². The topological polar surface area (TPSA) is 276 Å². The zero-order valence-electron chi connectivity index (χ0n) is 36.1. The maximum atomic E-state index is 14.6. The highest BCUT2D eigenvalue weighted by molar-refractivity contribution is 6.31. The number of nitro benzene ring substituents is 1. The van der Waals surface area contributed by atoms with E-state index in [0.717, 1.165) is 13.4 Å². The van der Waals surface area contributed by atoms with Crippen LogP contribution in [-0.2, 0) is 35.1 Å². The quantitative estimate of drug-likeness (QED) is 0.110. The van der Waals surface area contributed by atoms with Gasteiger partial charge in [-0.3, -0.25) is 34.6 Å². The molecule has 2 aliphatic heterocycles. The minimum absolute atomic E-state index is 0.0382. The van der Waals surface area contributed by atoms with Gasteiger partial charge in [0.15, 0.2) is 0 Å². The molecule has 0 aromatic heterocycles. The molecule has 0 radical (unpaired) electrons. The van der Waals surface area contributed by atoms with Gasteiger partial charge in [-0.15, -0.1) is 0 Å². The normalized spacial score (nSPS) is 26.7. The number of phenolic OH excluding ortho intramolecular Hbond substituents is 1. The molecule has 2 aromatic carbocycles. The second-order valence-electron chi connectivity index (χ2n) is 15.3. The van der Waals surface area contributed by atoms with Crippen molar-refractivity contribution in [3.8, 4) is 11.5 Å². The lowest BCUT2D eigenvalue weighted by molar-refractivity contribution is -0.384. The Bertz CT molecular complexity index is 2280. The fourth-order valence-corrected chi connectivity index (χ4v) is 7.36. The molecule has 0 spiro atoms. The van der Waals surface area contributed by atoms with Gasteiger partial charge in [0.2, 0.25) is 11.6 Å². The van der Waals surface area contributed by atoms with Crippen LogP contribution in [0.25, 0.3) is 0 Å². The van der Waals surface area contributed by atoms with Crippen molar-refractivity contribution in [3.63, 3.8) is 0 Å². The molecule has 2 heterocycles. The summed E-state index contributed by atoms with van der Waals surface area (Å²) in [6, 6.07) is 5.00. The number of phenols is 1. The van der Waals surface area contributed by atoms with Crippen LogP contribution >= 0.6 is 0 Å². The maximum absolute atomic E-state index is 14.6. The van der Waals surface area contributed by atoms with Gasteiger partial charge >= 0.3 is 18.0 Å². The summed E-state index contributed by atoms with van der Waals surface area (Å²) in [4.78, 5) is 92.7. The van der Waals surface area contributed by atoms with Gasteiger partial charge in [0.05, 0.1) is 47.7 Å². The first-order valence-corrected chi connectivity index (χ1v) is 19.7. The summed E-state index contributed by atoms with van der Waals surface area (Å²) in [5, 5.41) is 49.7. The van der Waals surface area contributed by atoms with Gasteiger partial charge in [-0.2, -0.15) is 0 Å². The Morgan fingerprint density at radius 2 is 1.56 bits per heavy atom. The zero-order chi connectivity index (χ0) is 47.0. The largest absolute Gasteiger partial charge is 0.507 e. The minimum atomic E-state index is -1.32. The Labute approximate surface area is 362 Å². The standard InChI is InChI=1S/C44H51N3O16/c1-20-11-10-12-21(2)42(54)45-33-34(46-44(56)62-19-27-13-15-28(16-14-27)47(57)58)38(52)30-31(39(33)53)37(51)25(6)41(60-9)32(30)43(55)61-18-17-29(59-8)22(3)40(63-26(7)48)24(5)36(50)23(4)35(20)49/h10-18,20,22-24,29,35-36,40,49-51H,19H2,1-9H3,(H,45,54)(H,46,56)/b11-10+,18-17+,21-12-/t20-,22+,23+,24+,29-,35-,36+,40+/m0/s1. The molecule has 3 aliphatic rings. The number of nitrogens with zero attached hydrogens (tertiary/aromatic N) is 1. The summed E-state index contributed by atoms with van der Waals surface area (Å²) >= 11 is 0. The predicted molar refractivity (Wildman–Crippen MR) is 222 cm³/mol. The number of carbonyl (C=O) groups excluding carboxylic acids is 6. The molecule has 0 saturated heterocycles. The number of benzene rings is 2. The molecule has 338 valence electrons. The highest BCUT2D eigenvalue weighted by Crippen LogP contribution is 2.43. The summed E-state index contributed by atoms with van der Waals surface area (Å²) < 4.78 is 27.5. The number of methoxy groups -OCH3 is 2. The van der Waals surface area contributed by atoms with Crippen molar-refractivity contribution in [2.24, 2.45) is 23.7 Å². The van der Waals surface area contributed by atoms with E-state index in [1.54, 1.807) is 33.8 Å². The van der Waals surface area contributed by atoms with Crippen LogP contribution in [0.3, 0.4) is 0 Å². The van der Waals surface area contributed by atoms with E-state index >= 15 is 0 Å². The van der Waals surface area contributed by atoms with Gasteiger partial charge in [-0.25, -0.2) is 9.59 Å². The SMILES string of the molecule is COc1c(C)c(O)c2c3c1C(=O)O/C=C/[C@H](OC)[C@@H](C)[C@@H](OC(C)=O)[C@H](C)[C@H](O)[C@H](C)[C@@H](O)[C@@H](C)/C=C/C=C(/C)C(=O)NC(=C(NC(=O)OCc1ccc([N+](=O)[O-])cc1)C3=O)C2=O. The van der Waals surface area contributed by atoms with E-state index < -0.39 is 129 Å². The van der Waals surface area contributed by atoms with Crippen molar-refractivity contribution in [3.05, 3.63) is 110 Å². The number of non-ortho nitro benzene ring substituents is 1.